The maximum atomic E-state index is 12.1. The van der Waals surface area contributed by atoms with Crippen LogP contribution >= 0.6 is 0 Å². The van der Waals surface area contributed by atoms with Gasteiger partial charge in [-0.05, 0) is 55.8 Å². The van der Waals surface area contributed by atoms with Gasteiger partial charge in [-0.3, -0.25) is 4.79 Å². The van der Waals surface area contributed by atoms with E-state index < -0.39 is 0 Å². The lowest BCUT2D eigenvalue weighted by Gasteiger charge is -2.17. The SMILES string of the molecule is Cc1cc(C)c(O)c(NC(=O)C[C@@H](CN)CC(C)C)c1. The van der Waals surface area contributed by atoms with E-state index in [1.807, 2.05) is 19.9 Å². The van der Waals surface area contributed by atoms with Crippen molar-refractivity contribution in [2.75, 3.05) is 11.9 Å². The van der Waals surface area contributed by atoms with Gasteiger partial charge in [0.1, 0.15) is 5.75 Å². The summed E-state index contributed by atoms with van der Waals surface area (Å²) in [6.07, 6.45) is 1.32. The van der Waals surface area contributed by atoms with Crippen molar-refractivity contribution in [2.45, 2.75) is 40.5 Å². The Balaban J connectivity index is 2.71. The van der Waals surface area contributed by atoms with Crippen molar-refractivity contribution in [1.82, 2.24) is 0 Å². The molecule has 0 saturated carbocycles. The first-order valence-electron chi connectivity index (χ1n) is 7.13. The number of aromatic hydroxyl groups is 1. The number of hydrogen-bond acceptors (Lipinski definition) is 3. The minimum Gasteiger partial charge on any atom is -0.505 e. The molecule has 4 heteroatoms. The number of carbonyl (C=O) groups excluding carboxylic acids is 1. The Morgan fingerprint density at radius 3 is 2.55 bits per heavy atom. The summed E-state index contributed by atoms with van der Waals surface area (Å²) in [5, 5.41) is 12.8. The Kier molecular flexibility index (Phi) is 6.02. The van der Waals surface area contributed by atoms with Gasteiger partial charge in [0.25, 0.3) is 0 Å². The summed E-state index contributed by atoms with van der Waals surface area (Å²) in [5.41, 5.74) is 7.96. The molecule has 1 aromatic rings. The average Bonchev–Trinajstić information content (AvgIpc) is 2.33. The molecule has 0 aliphatic heterocycles. The van der Waals surface area contributed by atoms with Crippen molar-refractivity contribution >= 4 is 11.6 Å². The first-order valence-corrected chi connectivity index (χ1v) is 7.13. The second kappa shape index (κ2) is 7.29. The lowest BCUT2D eigenvalue weighted by molar-refractivity contribution is -0.117. The van der Waals surface area contributed by atoms with Crippen LogP contribution in [0.2, 0.25) is 0 Å². The van der Waals surface area contributed by atoms with Crippen molar-refractivity contribution in [3.8, 4) is 5.75 Å². The number of rotatable bonds is 6. The van der Waals surface area contributed by atoms with Crippen LogP contribution in [0, 0.1) is 25.7 Å². The molecular formula is C16H26N2O2. The van der Waals surface area contributed by atoms with Gasteiger partial charge in [0.2, 0.25) is 5.91 Å². The molecule has 1 amide bonds. The molecule has 0 spiro atoms. The van der Waals surface area contributed by atoms with Gasteiger partial charge in [-0.25, -0.2) is 0 Å². The summed E-state index contributed by atoms with van der Waals surface area (Å²) < 4.78 is 0. The normalized spacial score (nSPS) is 12.5. The van der Waals surface area contributed by atoms with Crippen molar-refractivity contribution in [3.05, 3.63) is 23.3 Å². The number of nitrogens with two attached hydrogens (primary N) is 1. The number of phenolic OH excluding ortho intramolecular Hbond substituents is 1. The lowest BCUT2D eigenvalue weighted by atomic mass is 9.94. The van der Waals surface area contributed by atoms with Crippen LogP contribution < -0.4 is 11.1 Å². The number of benzene rings is 1. The van der Waals surface area contributed by atoms with E-state index >= 15 is 0 Å². The van der Waals surface area contributed by atoms with Crippen LogP contribution in [0.25, 0.3) is 0 Å². The molecule has 0 bridgehead atoms. The lowest BCUT2D eigenvalue weighted by Crippen LogP contribution is -2.23. The molecule has 0 heterocycles. The molecule has 0 unspecified atom stereocenters. The van der Waals surface area contributed by atoms with E-state index in [9.17, 15) is 9.90 Å². The molecule has 1 rings (SSSR count). The van der Waals surface area contributed by atoms with E-state index in [1.54, 1.807) is 6.07 Å². The topological polar surface area (TPSA) is 75.3 Å². The number of phenols is 1. The molecule has 20 heavy (non-hydrogen) atoms. The van der Waals surface area contributed by atoms with Gasteiger partial charge >= 0.3 is 0 Å². The number of carbonyl (C=O) groups is 1. The van der Waals surface area contributed by atoms with Gasteiger partial charge < -0.3 is 16.2 Å². The zero-order chi connectivity index (χ0) is 15.3. The van der Waals surface area contributed by atoms with Crippen LogP contribution in [0.4, 0.5) is 5.69 Å². The molecule has 0 saturated heterocycles. The molecule has 0 aliphatic carbocycles. The van der Waals surface area contributed by atoms with E-state index in [0.29, 0.717) is 24.6 Å². The predicted molar refractivity (Wildman–Crippen MR) is 82.8 cm³/mol. The van der Waals surface area contributed by atoms with Gasteiger partial charge in [0, 0.05) is 6.42 Å². The zero-order valence-electron chi connectivity index (χ0n) is 12.9. The van der Waals surface area contributed by atoms with Gasteiger partial charge in [0.05, 0.1) is 5.69 Å². The van der Waals surface area contributed by atoms with E-state index in [-0.39, 0.29) is 17.6 Å². The molecule has 1 atom stereocenters. The molecule has 4 nitrogen and oxygen atoms in total. The highest BCUT2D eigenvalue weighted by atomic mass is 16.3. The second-order valence-electron chi connectivity index (χ2n) is 5.96. The highest BCUT2D eigenvalue weighted by Gasteiger charge is 2.15. The minimum absolute atomic E-state index is 0.0959. The minimum atomic E-state index is -0.0959. The zero-order valence-corrected chi connectivity index (χ0v) is 12.9. The fourth-order valence-corrected chi connectivity index (χ4v) is 2.45. The van der Waals surface area contributed by atoms with Gasteiger partial charge in [-0.1, -0.05) is 19.9 Å². The van der Waals surface area contributed by atoms with Gasteiger partial charge in [-0.2, -0.15) is 0 Å². The Bertz CT molecular complexity index is 470. The molecular weight excluding hydrogens is 252 g/mol. The summed E-state index contributed by atoms with van der Waals surface area (Å²) in [5.74, 6) is 0.743. The summed E-state index contributed by atoms with van der Waals surface area (Å²) >= 11 is 0. The average molecular weight is 278 g/mol. The maximum absolute atomic E-state index is 12.1. The van der Waals surface area contributed by atoms with Crippen molar-refractivity contribution in [1.29, 1.82) is 0 Å². The maximum Gasteiger partial charge on any atom is 0.224 e. The first-order chi connectivity index (χ1) is 9.33. The van der Waals surface area contributed by atoms with Crippen LogP contribution in [-0.2, 0) is 4.79 Å². The van der Waals surface area contributed by atoms with Gasteiger partial charge in [-0.15, -0.1) is 0 Å². The van der Waals surface area contributed by atoms with Crippen molar-refractivity contribution in [3.63, 3.8) is 0 Å². The third kappa shape index (κ3) is 4.85. The largest absolute Gasteiger partial charge is 0.505 e. The van der Waals surface area contributed by atoms with Crippen molar-refractivity contribution in [2.24, 2.45) is 17.6 Å². The number of hydrogen-bond donors (Lipinski definition) is 3. The monoisotopic (exact) mass is 278 g/mol. The Hall–Kier alpha value is -1.55. The highest BCUT2D eigenvalue weighted by Crippen LogP contribution is 2.29. The smallest absolute Gasteiger partial charge is 0.224 e. The first kappa shape index (κ1) is 16.5. The van der Waals surface area contributed by atoms with E-state index in [4.69, 9.17) is 5.73 Å². The Labute approximate surface area is 121 Å². The van der Waals surface area contributed by atoms with Crippen LogP contribution in [0.15, 0.2) is 12.1 Å². The van der Waals surface area contributed by atoms with E-state index in [1.165, 1.54) is 0 Å². The molecule has 0 fully saturated rings. The van der Waals surface area contributed by atoms with Crippen LogP contribution in [0.5, 0.6) is 5.75 Å². The number of nitrogens with one attached hydrogen (secondary N) is 1. The molecule has 0 radical (unpaired) electrons. The second-order valence-corrected chi connectivity index (χ2v) is 5.96. The van der Waals surface area contributed by atoms with Gasteiger partial charge in [0.15, 0.2) is 0 Å². The van der Waals surface area contributed by atoms with Crippen molar-refractivity contribution < 1.29 is 9.90 Å². The number of anilines is 1. The van der Waals surface area contributed by atoms with Crippen LogP contribution in [0.3, 0.4) is 0 Å². The van der Waals surface area contributed by atoms with E-state index in [2.05, 4.69) is 19.2 Å². The Morgan fingerprint density at radius 1 is 1.35 bits per heavy atom. The highest BCUT2D eigenvalue weighted by molar-refractivity contribution is 5.92. The fourth-order valence-electron chi connectivity index (χ4n) is 2.45. The molecule has 0 aromatic heterocycles. The van der Waals surface area contributed by atoms with E-state index in [0.717, 1.165) is 17.5 Å². The predicted octanol–water partition coefficient (Wildman–Crippen LogP) is 2.96. The molecule has 0 aliphatic rings. The van der Waals surface area contributed by atoms with Crippen LogP contribution in [-0.4, -0.2) is 17.6 Å². The third-order valence-electron chi connectivity index (χ3n) is 3.33. The Morgan fingerprint density at radius 2 is 2.00 bits per heavy atom. The fraction of sp³-hybridized carbons (Fsp3) is 0.562. The molecule has 4 N–H and O–H groups in total. The summed E-state index contributed by atoms with van der Waals surface area (Å²) in [6.45, 7) is 8.50. The number of amides is 1. The van der Waals surface area contributed by atoms with Crippen LogP contribution in [0.1, 0.15) is 37.8 Å². The third-order valence-corrected chi connectivity index (χ3v) is 3.33. The number of aryl methyl sites for hydroxylation is 2. The quantitative estimate of drug-likeness (QED) is 0.700. The summed E-state index contributed by atoms with van der Waals surface area (Å²) in [4.78, 5) is 12.1. The summed E-state index contributed by atoms with van der Waals surface area (Å²) in [6, 6.07) is 3.66. The standard InChI is InChI=1S/C16H26N2O2/c1-10(2)5-13(9-17)8-15(19)18-14-7-11(3)6-12(4)16(14)20/h6-7,10,13,20H,5,8-9,17H2,1-4H3,(H,18,19)/t13-/m0/s1. The summed E-state index contributed by atoms with van der Waals surface area (Å²) in [7, 11) is 0. The molecule has 1 aromatic carbocycles. The molecule has 112 valence electrons.